The molecule has 0 aliphatic carbocycles. The number of phenolic OH excluding ortho intramolecular Hbond substituents is 6. The second kappa shape index (κ2) is 6.60. The average Bonchev–Trinajstić information content (AvgIpc) is 2.97. The van der Waals surface area contributed by atoms with Crippen molar-refractivity contribution >= 4 is 0 Å². The van der Waals surface area contributed by atoms with Crippen molar-refractivity contribution in [3.8, 4) is 34.5 Å². The zero-order chi connectivity index (χ0) is 18.1. The maximum absolute atomic E-state index is 9.89. The molecule has 2 aromatic carbocycles. The van der Waals surface area contributed by atoms with Gasteiger partial charge in [0.05, 0.1) is 0 Å². The number of nitrogens with one attached hydrogen (secondary N) is 1. The first-order chi connectivity index (χ1) is 11.8. The highest BCUT2D eigenvalue weighted by Crippen LogP contribution is 2.35. The lowest BCUT2D eigenvalue weighted by molar-refractivity contribution is 0.392. The molecule has 7 heteroatoms. The van der Waals surface area contributed by atoms with Crippen molar-refractivity contribution in [2.45, 2.75) is 37.8 Å². The summed E-state index contributed by atoms with van der Waals surface area (Å²) in [6.45, 7) is 0. The third-order valence-corrected chi connectivity index (χ3v) is 4.62. The summed E-state index contributed by atoms with van der Waals surface area (Å²) in [5.41, 5.74) is 1.08. The lowest BCUT2D eigenvalue weighted by Gasteiger charge is -2.16. The van der Waals surface area contributed by atoms with Crippen molar-refractivity contribution in [3.63, 3.8) is 0 Å². The third kappa shape index (κ3) is 3.66. The first-order valence-corrected chi connectivity index (χ1v) is 8.07. The Hall–Kier alpha value is -2.80. The third-order valence-electron chi connectivity index (χ3n) is 4.62. The first kappa shape index (κ1) is 17.0. The lowest BCUT2D eigenvalue weighted by atomic mass is 10.0. The van der Waals surface area contributed by atoms with Crippen LogP contribution in [0.2, 0.25) is 0 Å². The molecule has 134 valence electrons. The SMILES string of the molecule is Oc1cc(O)c(CC2CCC(Cc3cc(O)c(O)cc3O)N2)cc1O. The minimum Gasteiger partial charge on any atom is -0.508 e. The molecule has 1 saturated heterocycles. The molecule has 0 radical (unpaired) electrons. The van der Waals surface area contributed by atoms with Gasteiger partial charge in [0.2, 0.25) is 0 Å². The van der Waals surface area contributed by atoms with Gasteiger partial charge in [-0.15, -0.1) is 0 Å². The van der Waals surface area contributed by atoms with Crippen LogP contribution in [0.1, 0.15) is 24.0 Å². The Bertz CT molecular complexity index is 726. The van der Waals surface area contributed by atoms with Gasteiger partial charge in [-0.1, -0.05) is 0 Å². The molecule has 1 aliphatic heterocycles. The zero-order valence-electron chi connectivity index (χ0n) is 13.5. The van der Waals surface area contributed by atoms with Gasteiger partial charge in [-0.05, 0) is 48.9 Å². The summed E-state index contributed by atoms with van der Waals surface area (Å²) in [6.07, 6.45) is 2.67. The Labute approximate surface area is 144 Å². The second-order valence-corrected chi connectivity index (χ2v) is 6.49. The van der Waals surface area contributed by atoms with Crippen LogP contribution < -0.4 is 5.32 Å². The summed E-state index contributed by atoms with van der Waals surface area (Å²) in [7, 11) is 0. The van der Waals surface area contributed by atoms with Crippen LogP contribution in [0.4, 0.5) is 0 Å². The van der Waals surface area contributed by atoms with Gasteiger partial charge in [-0.2, -0.15) is 0 Å². The summed E-state index contributed by atoms with van der Waals surface area (Å²) in [5.74, 6) is -1.40. The van der Waals surface area contributed by atoms with E-state index >= 15 is 0 Å². The van der Waals surface area contributed by atoms with Crippen molar-refractivity contribution in [2.24, 2.45) is 0 Å². The number of aromatic hydroxyl groups is 6. The molecule has 2 aromatic rings. The maximum atomic E-state index is 9.89. The number of hydrogen-bond acceptors (Lipinski definition) is 7. The summed E-state index contributed by atoms with van der Waals surface area (Å²) in [6, 6.07) is 5.09. The van der Waals surface area contributed by atoms with E-state index in [0.717, 1.165) is 25.0 Å². The van der Waals surface area contributed by atoms with Crippen LogP contribution >= 0.6 is 0 Å². The Morgan fingerprint density at radius 2 is 0.960 bits per heavy atom. The van der Waals surface area contributed by atoms with Gasteiger partial charge >= 0.3 is 0 Å². The Kier molecular flexibility index (Phi) is 4.50. The molecule has 1 fully saturated rings. The molecule has 0 amide bonds. The van der Waals surface area contributed by atoms with E-state index < -0.39 is 0 Å². The van der Waals surface area contributed by atoms with Gasteiger partial charge in [0.15, 0.2) is 23.0 Å². The van der Waals surface area contributed by atoms with Crippen molar-refractivity contribution in [2.75, 3.05) is 0 Å². The predicted molar refractivity (Wildman–Crippen MR) is 90.2 cm³/mol. The first-order valence-electron chi connectivity index (χ1n) is 8.07. The number of rotatable bonds is 4. The van der Waals surface area contributed by atoms with Crippen molar-refractivity contribution in [1.82, 2.24) is 5.32 Å². The van der Waals surface area contributed by atoms with E-state index in [9.17, 15) is 30.6 Å². The zero-order valence-corrected chi connectivity index (χ0v) is 13.5. The Morgan fingerprint density at radius 1 is 0.600 bits per heavy atom. The normalized spacial score (nSPS) is 20.0. The predicted octanol–water partition coefficient (Wildman–Crippen LogP) is 1.83. The molecule has 0 bridgehead atoms. The fraction of sp³-hybridized carbons (Fsp3) is 0.333. The maximum Gasteiger partial charge on any atom is 0.161 e. The van der Waals surface area contributed by atoms with E-state index in [1.807, 2.05) is 0 Å². The van der Waals surface area contributed by atoms with E-state index in [1.165, 1.54) is 12.1 Å². The van der Waals surface area contributed by atoms with Gasteiger partial charge in [0, 0.05) is 24.2 Å². The number of hydrogen-bond donors (Lipinski definition) is 7. The molecule has 7 N–H and O–H groups in total. The van der Waals surface area contributed by atoms with E-state index in [1.54, 1.807) is 0 Å². The van der Waals surface area contributed by atoms with E-state index in [4.69, 9.17) is 0 Å². The summed E-state index contributed by atoms with van der Waals surface area (Å²) in [4.78, 5) is 0. The number of benzene rings is 2. The van der Waals surface area contributed by atoms with Crippen LogP contribution in [0.25, 0.3) is 0 Å². The molecule has 0 spiro atoms. The molecule has 7 nitrogen and oxygen atoms in total. The summed E-state index contributed by atoms with van der Waals surface area (Å²) in [5, 5.41) is 61.1. The molecule has 25 heavy (non-hydrogen) atoms. The minimum absolute atomic E-state index is 0.0679. The average molecular weight is 347 g/mol. The fourth-order valence-electron chi connectivity index (χ4n) is 3.30. The second-order valence-electron chi connectivity index (χ2n) is 6.49. The molecule has 2 atom stereocenters. The fourth-order valence-corrected chi connectivity index (χ4v) is 3.30. The molecule has 0 saturated carbocycles. The van der Waals surface area contributed by atoms with Gasteiger partial charge in [0.25, 0.3) is 0 Å². The quantitative estimate of drug-likeness (QED) is 0.331. The van der Waals surface area contributed by atoms with Gasteiger partial charge in [0.1, 0.15) is 11.5 Å². The molecular weight excluding hydrogens is 326 g/mol. The lowest BCUT2D eigenvalue weighted by Crippen LogP contribution is -2.32. The standard InChI is InChI=1S/C18H21NO6/c20-13-7-17(24)15(22)5-9(13)3-11-1-2-12(19-11)4-10-6-16(23)18(25)8-14(10)21/h5-8,11-12,19-25H,1-4H2. The smallest absolute Gasteiger partial charge is 0.161 e. The Balaban J connectivity index is 1.64. The largest absolute Gasteiger partial charge is 0.508 e. The van der Waals surface area contributed by atoms with E-state index in [2.05, 4.69) is 5.32 Å². The van der Waals surface area contributed by atoms with Crippen LogP contribution in [-0.4, -0.2) is 42.7 Å². The van der Waals surface area contributed by atoms with Crippen molar-refractivity contribution < 1.29 is 30.6 Å². The molecule has 0 aromatic heterocycles. The highest BCUT2D eigenvalue weighted by molar-refractivity contribution is 5.49. The molecule has 3 rings (SSSR count). The summed E-state index contributed by atoms with van der Waals surface area (Å²) < 4.78 is 0. The highest BCUT2D eigenvalue weighted by Gasteiger charge is 2.26. The van der Waals surface area contributed by atoms with E-state index in [-0.39, 0.29) is 46.6 Å². The molecular formula is C18H21NO6. The number of phenols is 6. The van der Waals surface area contributed by atoms with Gasteiger partial charge in [-0.25, -0.2) is 0 Å². The minimum atomic E-state index is -0.360. The van der Waals surface area contributed by atoms with Crippen LogP contribution in [0.5, 0.6) is 34.5 Å². The molecule has 1 aliphatic rings. The van der Waals surface area contributed by atoms with Crippen LogP contribution in [0.15, 0.2) is 24.3 Å². The summed E-state index contributed by atoms with van der Waals surface area (Å²) >= 11 is 0. The molecule has 1 heterocycles. The van der Waals surface area contributed by atoms with Crippen molar-refractivity contribution in [1.29, 1.82) is 0 Å². The topological polar surface area (TPSA) is 133 Å². The van der Waals surface area contributed by atoms with Crippen LogP contribution in [0.3, 0.4) is 0 Å². The van der Waals surface area contributed by atoms with Gasteiger partial charge < -0.3 is 36.0 Å². The van der Waals surface area contributed by atoms with Crippen LogP contribution in [0, 0.1) is 0 Å². The van der Waals surface area contributed by atoms with Gasteiger partial charge in [-0.3, -0.25) is 0 Å². The molecule has 2 unspecified atom stereocenters. The van der Waals surface area contributed by atoms with Crippen molar-refractivity contribution in [3.05, 3.63) is 35.4 Å². The van der Waals surface area contributed by atoms with E-state index in [0.29, 0.717) is 24.0 Å². The van der Waals surface area contributed by atoms with Crippen LogP contribution in [-0.2, 0) is 12.8 Å². The highest BCUT2D eigenvalue weighted by atomic mass is 16.3. The monoisotopic (exact) mass is 347 g/mol. The Morgan fingerprint density at radius 3 is 1.36 bits per heavy atom.